The molecule has 0 radical (unpaired) electrons. The van der Waals surface area contributed by atoms with E-state index in [1.807, 2.05) is 12.1 Å². The lowest BCUT2D eigenvalue weighted by Gasteiger charge is -2.37. The minimum atomic E-state index is -0.0478. The van der Waals surface area contributed by atoms with Gasteiger partial charge in [-0.05, 0) is 44.2 Å². The molecule has 2 atom stereocenters. The molecule has 0 saturated heterocycles. The number of amides is 1. The molecular formula is C18H28N2O. The van der Waals surface area contributed by atoms with Gasteiger partial charge >= 0.3 is 0 Å². The maximum Gasteiger partial charge on any atom is 0.225 e. The topological polar surface area (TPSA) is 41.1 Å². The Balaban J connectivity index is 2.13. The number of benzene rings is 1. The number of carbonyl (C=O) groups is 1. The van der Waals surface area contributed by atoms with Crippen LogP contribution in [0.15, 0.2) is 24.3 Å². The summed E-state index contributed by atoms with van der Waals surface area (Å²) in [5.74, 6) is 0.193. The molecule has 0 bridgehead atoms. The maximum absolute atomic E-state index is 12.8. The van der Waals surface area contributed by atoms with E-state index in [0.717, 1.165) is 25.7 Å². The van der Waals surface area contributed by atoms with Gasteiger partial charge in [0.1, 0.15) is 0 Å². The Labute approximate surface area is 128 Å². The fourth-order valence-electron chi connectivity index (χ4n) is 3.29. The summed E-state index contributed by atoms with van der Waals surface area (Å²) in [5, 5.41) is 6.80. The number of nitrogens with one attached hydrogen (secondary N) is 2. The zero-order chi connectivity index (χ0) is 15.5. The molecule has 0 fully saturated rings. The van der Waals surface area contributed by atoms with Crippen molar-refractivity contribution in [2.24, 2.45) is 5.92 Å². The molecule has 116 valence electrons. The van der Waals surface area contributed by atoms with Crippen molar-refractivity contribution in [1.29, 1.82) is 0 Å². The van der Waals surface area contributed by atoms with Crippen LogP contribution >= 0.6 is 0 Å². The molecule has 0 aromatic heterocycles. The average molecular weight is 288 g/mol. The van der Waals surface area contributed by atoms with Crippen molar-refractivity contribution in [3.63, 3.8) is 0 Å². The first-order valence-corrected chi connectivity index (χ1v) is 8.21. The lowest BCUT2D eigenvalue weighted by Crippen LogP contribution is -2.53. The highest BCUT2D eigenvalue weighted by Crippen LogP contribution is 2.29. The van der Waals surface area contributed by atoms with Crippen molar-refractivity contribution in [3.05, 3.63) is 29.8 Å². The third kappa shape index (κ3) is 3.22. The van der Waals surface area contributed by atoms with E-state index >= 15 is 0 Å². The highest BCUT2D eigenvalue weighted by Gasteiger charge is 2.34. The molecule has 0 aliphatic carbocycles. The third-order valence-electron chi connectivity index (χ3n) is 5.20. The Morgan fingerprint density at radius 2 is 1.86 bits per heavy atom. The van der Waals surface area contributed by atoms with E-state index < -0.39 is 0 Å². The van der Waals surface area contributed by atoms with Gasteiger partial charge < -0.3 is 10.6 Å². The number of rotatable bonds is 5. The summed E-state index contributed by atoms with van der Waals surface area (Å²) >= 11 is 0. The zero-order valence-corrected chi connectivity index (χ0v) is 13.7. The molecule has 0 saturated carbocycles. The molecule has 0 spiro atoms. The van der Waals surface area contributed by atoms with Crippen molar-refractivity contribution in [1.82, 2.24) is 5.32 Å². The van der Waals surface area contributed by atoms with Crippen LogP contribution in [-0.4, -0.2) is 17.5 Å². The van der Waals surface area contributed by atoms with Crippen LogP contribution in [0.2, 0.25) is 0 Å². The lowest BCUT2D eigenvalue weighted by molar-refractivity contribution is -0.127. The fourth-order valence-corrected chi connectivity index (χ4v) is 3.29. The standard InChI is InChI=1S/C18H28N2O/c1-5-18(6-2,7-3)20-17(21)15-12-14-10-8-9-11-16(14)19-13(15)4/h8-11,13,15,19H,5-7,12H2,1-4H3,(H,20,21). The Bertz CT molecular complexity index is 485. The smallest absolute Gasteiger partial charge is 0.225 e. The Kier molecular flexibility index (Phi) is 4.92. The van der Waals surface area contributed by atoms with Crippen molar-refractivity contribution < 1.29 is 4.79 Å². The van der Waals surface area contributed by atoms with E-state index in [1.165, 1.54) is 11.3 Å². The summed E-state index contributed by atoms with van der Waals surface area (Å²) in [6.07, 6.45) is 3.77. The van der Waals surface area contributed by atoms with Crippen LogP contribution in [0.25, 0.3) is 0 Å². The third-order valence-corrected chi connectivity index (χ3v) is 5.20. The van der Waals surface area contributed by atoms with E-state index in [1.54, 1.807) is 0 Å². The van der Waals surface area contributed by atoms with Gasteiger partial charge in [0.15, 0.2) is 0 Å². The van der Waals surface area contributed by atoms with Gasteiger partial charge in [-0.15, -0.1) is 0 Å². The highest BCUT2D eigenvalue weighted by molar-refractivity contribution is 5.82. The number of anilines is 1. The molecule has 1 aliphatic rings. The highest BCUT2D eigenvalue weighted by atomic mass is 16.2. The molecule has 3 heteroatoms. The van der Waals surface area contributed by atoms with E-state index in [9.17, 15) is 4.79 Å². The number of hydrogen-bond donors (Lipinski definition) is 2. The first-order chi connectivity index (χ1) is 10.0. The van der Waals surface area contributed by atoms with Gasteiger partial charge in [0, 0.05) is 17.3 Å². The molecule has 1 aromatic rings. The van der Waals surface area contributed by atoms with E-state index in [-0.39, 0.29) is 23.4 Å². The SMILES string of the molecule is CCC(CC)(CC)NC(=O)C1Cc2ccccc2NC1C. The van der Waals surface area contributed by atoms with Crippen LogP contribution in [0.1, 0.15) is 52.5 Å². The molecule has 1 aliphatic heterocycles. The second kappa shape index (κ2) is 6.50. The quantitative estimate of drug-likeness (QED) is 0.866. The summed E-state index contributed by atoms with van der Waals surface area (Å²) in [4.78, 5) is 12.8. The number of carbonyl (C=O) groups excluding carboxylic acids is 1. The van der Waals surface area contributed by atoms with Gasteiger partial charge in [-0.3, -0.25) is 4.79 Å². The van der Waals surface area contributed by atoms with Crippen LogP contribution in [-0.2, 0) is 11.2 Å². The minimum absolute atomic E-state index is 0.00363. The van der Waals surface area contributed by atoms with Gasteiger partial charge in [0.05, 0.1) is 5.92 Å². The summed E-state index contributed by atoms with van der Waals surface area (Å²) in [6, 6.07) is 8.45. The van der Waals surface area contributed by atoms with E-state index in [0.29, 0.717) is 0 Å². The molecule has 1 amide bonds. The average Bonchev–Trinajstić information content (AvgIpc) is 2.52. The number of hydrogen-bond acceptors (Lipinski definition) is 2. The van der Waals surface area contributed by atoms with E-state index in [2.05, 4.69) is 50.5 Å². The second-order valence-corrected chi connectivity index (χ2v) is 6.23. The van der Waals surface area contributed by atoms with Crippen molar-refractivity contribution in [3.8, 4) is 0 Å². The molecule has 2 rings (SSSR count). The van der Waals surface area contributed by atoms with Crippen molar-refractivity contribution >= 4 is 11.6 Å². The molecule has 2 unspecified atom stereocenters. The molecular weight excluding hydrogens is 260 g/mol. The normalized spacial score (nSPS) is 21.3. The van der Waals surface area contributed by atoms with Crippen LogP contribution in [0.4, 0.5) is 5.69 Å². The predicted molar refractivity (Wildman–Crippen MR) is 88.5 cm³/mol. The van der Waals surface area contributed by atoms with Crippen LogP contribution in [0, 0.1) is 5.92 Å². The molecule has 21 heavy (non-hydrogen) atoms. The first kappa shape index (κ1) is 15.9. The summed E-state index contributed by atoms with van der Waals surface area (Å²) in [5.41, 5.74) is 2.36. The summed E-state index contributed by atoms with van der Waals surface area (Å²) in [6.45, 7) is 8.58. The maximum atomic E-state index is 12.8. The Morgan fingerprint density at radius 1 is 1.24 bits per heavy atom. The van der Waals surface area contributed by atoms with Crippen molar-refractivity contribution in [2.45, 2.75) is 65.0 Å². The zero-order valence-electron chi connectivity index (χ0n) is 13.7. The van der Waals surface area contributed by atoms with Gasteiger partial charge in [-0.2, -0.15) is 0 Å². The largest absolute Gasteiger partial charge is 0.382 e. The lowest BCUT2D eigenvalue weighted by atomic mass is 9.84. The Hall–Kier alpha value is -1.51. The molecule has 2 N–H and O–H groups in total. The first-order valence-electron chi connectivity index (χ1n) is 8.21. The summed E-state index contributed by atoms with van der Waals surface area (Å²) in [7, 11) is 0. The van der Waals surface area contributed by atoms with E-state index in [4.69, 9.17) is 0 Å². The molecule has 1 heterocycles. The summed E-state index contributed by atoms with van der Waals surface area (Å²) < 4.78 is 0. The van der Waals surface area contributed by atoms with Gasteiger partial charge in [0.2, 0.25) is 5.91 Å². The Morgan fingerprint density at radius 3 is 2.48 bits per heavy atom. The van der Waals surface area contributed by atoms with Crippen LogP contribution in [0.5, 0.6) is 0 Å². The number of fused-ring (bicyclic) bond motifs is 1. The van der Waals surface area contributed by atoms with Gasteiger partial charge in [-0.25, -0.2) is 0 Å². The van der Waals surface area contributed by atoms with Gasteiger partial charge in [-0.1, -0.05) is 39.0 Å². The van der Waals surface area contributed by atoms with Crippen LogP contribution in [0.3, 0.4) is 0 Å². The van der Waals surface area contributed by atoms with Gasteiger partial charge in [0.25, 0.3) is 0 Å². The van der Waals surface area contributed by atoms with Crippen LogP contribution < -0.4 is 10.6 Å². The number of para-hydroxylation sites is 1. The second-order valence-electron chi connectivity index (χ2n) is 6.23. The molecule has 3 nitrogen and oxygen atoms in total. The fraction of sp³-hybridized carbons (Fsp3) is 0.611. The predicted octanol–water partition coefficient (Wildman–Crippen LogP) is 3.74. The van der Waals surface area contributed by atoms with Crippen molar-refractivity contribution in [2.75, 3.05) is 5.32 Å². The monoisotopic (exact) mass is 288 g/mol. The minimum Gasteiger partial charge on any atom is -0.382 e. The molecule has 1 aromatic carbocycles.